The van der Waals surface area contributed by atoms with Crippen molar-refractivity contribution in [2.24, 2.45) is 0 Å². The van der Waals surface area contributed by atoms with Crippen LogP contribution >= 0.6 is 12.4 Å². The van der Waals surface area contributed by atoms with Crippen molar-refractivity contribution in [3.63, 3.8) is 0 Å². The summed E-state index contributed by atoms with van der Waals surface area (Å²) in [7, 11) is 0. The highest BCUT2D eigenvalue weighted by Gasteiger charge is 2.27. The predicted molar refractivity (Wildman–Crippen MR) is 35.6 cm³/mol. The molecule has 0 amide bonds. The Hall–Kier alpha value is -0.710. The predicted octanol–water partition coefficient (Wildman–Crippen LogP) is 1.94. The van der Waals surface area contributed by atoms with Gasteiger partial charge in [0, 0.05) is 11.9 Å². The second kappa shape index (κ2) is 3.61. The lowest BCUT2D eigenvalue weighted by Crippen LogP contribution is -2.11. The lowest BCUT2D eigenvalue weighted by Gasteiger charge is -2.01. The molecule has 1 N–H and O–H groups in total. The van der Waals surface area contributed by atoms with Gasteiger partial charge < -0.3 is 4.98 Å². The number of hydrogen-bond acceptors (Lipinski definition) is 1. The van der Waals surface area contributed by atoms with E-state index in [0.717, 1.165) is 6.20 Å². The fourth-order valence-electron chi connectivity index (χ4n) is 0.597. The van der Waals surface area contributed by atoms with Crippen LogP contribution in [0.15, 0.2) is 12.5 Å². The summed E-state index contributed by atoms with van der Waals surface area (Å²) < 4.78 is 34.7. The lowest BCUT2D eigenvalue weighted by atomic mass is 10.3. The first-order valence-electron chi connectivity index (χ1n) is 2.62. The molecule has 0 radical (unpaired) electrons. The van der Waals surface area contributed by atoms with Crippen LogP contribution in [-0.4, -0.2) is 16.1 Å². The minimum Gasteiger partial charge on any atom is -0.348 e. The zero-order valence-corrected chi connectivity index (χ0v) is 6.17. The van der Waals surface area contributed by atoms with Crippen molar-refractivity contribution in [1.29, 1.82) is 0 Å². The van der Waals surface area contributed by atoms with Crippen molar-refractivity contribution in [3.8, 4) is 0 Å². The summed E-state index contributed by atoms with van der Waals surface area (Å²) in [5, 5.41) is 0. The van der Waals surface area contributed by atoms with E-state index in [4.69, 9.17) is 0 Å². The Balaban J connectivity index is 0.000001000. The summed E-state index contributed by atoms with van der Waals surface area (Å²) in [5.74, 6) is 0. The SMILES string of the molecule is Cl.FC(F)(F)Cc1cnc[nH]1. The van der Waals surface area contributed by atoms with Crippen molar-refractivity contribution < 1.29 is 13.2 Å². The Kier molecular flexibility index (Phi) is 3.38. The van der Waals surface area contributed by atoms with E-state index in [1.54, 1.807) is 0 Å². The van der Waals surface area contributed by atoms with E-state index in [1.807, 2.05) is 0 Å². The number of alkyl halides is 3. The number of aromatic nitrogens is 2. The second-order valence-corrected chi connectivity index (χ2v) is 1.87. The molecule has 0 atom stereocenters. The van der Waals surface area contributed by atoms with Gasteiger partial charge in [0.15, 0.2) is 0 Å². The van der Waals surface area contributed by atoms with Crippen molar-refractivity contribution in [2.45, 2.75) is 12.6 Å². The molecule has 0 aliphatic heterocycles. The molecular formula is C5H6ClF3N2. The van der Waals surface area contributed by atoms with Gasteiger partial charge in [-0.05, 0) is 0 Å². The molecule has 6 heteroatoms. The van der Waals surface area contributed by atoms with E-state index in [0.29, 0.717) is 0 Å². The number of nitrogens with one attached hydrogen (secondary N) is 1. The normalized spacial score (nSPS) is 10.8. The number of aromatic amines is 1. The molecule has 64 valence electrons. The van der Waals surface area contributed by atoms with Crippen molar-refractivity contribution in [1.82, 2.24) is 9.97 Å². The van der Waals surface area contributed by atoms with Crippen molar-refractivity contribution in [3.05, 3.63) is 18.2 Å². The summed E-state index contributed by atoms with van der Waals surface area (Å²) in [4.78, 5) is 5.81. The highest BCUT2D eigenvalue weighted by Crippen LogP contribution is 2.19. The van der Waals surface area contributed by atoms with Gasteiger partial charge >= 0.3 is 6.18 Å². The number of nitrogens with zero attached hydrogens (tertiary/aromatic N) is 1. The van der Waals surface area contributed by atoms with Crippen molar-refractivity contribution >= 4 is 12.4 Å². The van der Waals surface area contributed by atoms with Crippen LogP contribution in [0.1, 0.15) is 5.69 Å². The molecule has 11 heavy (non-hydrogen) atoms. The molecule has 1 aromatic rings. The van der Waals surface area contributed by atoms with Gasteiger partial charge in [0.1, 0.15) is 0 Å². The van der Waals surface area contributed by atoms with Crippen LogP contribution in [0.2, 0.25) is 0 Å². The van der Waals surface area contributed by atoms with Gasteiger partial charge in [0.05, 0.1) is 12.7 Å². The van der Waals surface area contributed by atoms with Crippen molar-refractivity contribution in [2.75, 3.05) is 0 Å². The molecule has 1 heterocycles. The van der Waals surface area contributed by atoms with Gasteiger partial charge in [-0.15, -0.1) is 12.4 Å². The van der Waals surface area contributed by atoms with Gasteiger partial charge in [0.25, 0.3) is 0 Å². The van der Waals surface area contributed by atoms with Crippen LogP contribution < -0.4 is 0 Å². The smallest absolute Gasteiger partial charge is 0.348 e. The first-order valence-corrected chi connectivity index (χ1v) is 2.62. The molecule has 0 unspecified atom stereocenters. The van der Waals surface area contributed by atoms with E-state index < -0.39 is 12.6 Å². The van der Waals surface area contributed by atoms with Crippen LogP contribution in [0.25, 0.3) is 0 Å². The largest absolute Gasteiger partial charge is 0.394 e. The van der Waals surface area contributed by atoms with E-state index >= 15 is 0 Å². The monoisotopic (exact) mass is 186 g/mol. The molecular weight excluding hydrogens is 181 g/mol. The van der Waals surface area contributed by atoms with E-state index in [9.17, 15) is 13.2 Å². The molecule has 1 aromatic heterocycles. The summed E-state index contributed by atoms with van der Waals surface area (Å²) in [6.45, 7) is 0. The Morgan fingerprint density at radius 2 is 2.09 bits per heavy atom. The second-order valence-electron chi connectivity index (χ2n) is 1.87. The summed E-state index contributed by atoms with van der Waals surface area (Å²) in [6, 6.07) is 0. The van der Waals surface area contributed by atoms with Crippen LogP contribution in [-0.2, 0) is 6.42 Å². The molecule has 0 aromatic carbocycles. The van der Waals surface area contributed by atoms with Crippen LogP contribution in [0.5, 0.6) is 0 Å². The summed E-state index contributed by atoms with van der Waals surface area (Å²) >= 11 is 0. The zero-order chi connectivity index (χ0) is 7.61. The molecule has 1 rings (SSSR count). The number of H-pyrrole nitrogens is 1. The number of rotatable bonds is 1. The molecule has 0 saturated carbocycles. The van der Waals surface area contributed by atoms with E-state index in [-0.39, 0.29) is 18.1 Å². The third kappa shape index (κ3) is 3.87. The van der Waals surface area contributed by atoms with Crippen LogP contribution in [0, 0.1) is 0 Å². The first kappa shape index (κ1) is 10.3. The molecule has 0 aliphatic carbocycles. The Morgan fingerprint density at radius 1 is 1.45 bits per heavy atom. The third-order valence-corrected chi connectivity index (χ3v) is 0.946. The fraction of sp³-hybridized carbons (Fsp3) is 0.400. The minimum absolute atomic E-state index is 0. The molecule has 0 fully saturated rings. The average Bonchev–Trinajstić information content (AvgIpc) is 2.12. The molecule has 0 saturated heterocycles. The number of hydrogen-bond donors (Lipinski definition) is 1. The molecule has 0 aliphatic rings. The highest BCUT2D eigenvalue weighted by atomic mass is 35.5. The minimum atomic E-state index is -4.15. The molecule has 0 spiro atoms. The topological polar surface area (TPSA) is 28.7 Å². The van der Waals surface area contributed by atoms with Gasteiger partial charge in [-0.2, -0.15) is 13.2 Å². The van der Waals surface area contributed by atoms with Gasteiger partial charge in [-0.1, -0.05) is 0 Å². The Bertz CT molecular complexity index is 194. The quantitative estimate of drug-likeness (QED) is 0.714. The third-order valence-electron chi connectivity index (χ3n) is 0.946. The average molecular weight is 187 g/mol. The summed E-state index contributed by atoms with van der Waals surface area (Å²) in [5.41, 5.74) is 0.0903. The van der Waals surface area contributed by atoms with Crippen LogP contribution in [0.4, 0.5) is 13.2 Å². The van der Waals surface area contributed by atoms with E-state index in [1.165, 1.54) is 6.33 Å². The van der Waals surface area contributed by atoms with Gasteiger partial charge in [-0.25, -0.2) is 4.98 Å². The lowest BCUT2D eigenvalue weighted by molar-refractivity contribution is -0.127. The van der Waals surface area contributed by atoms with E-state index in [2.05, 4.69) is 9.97 Å². The fourth-order valence-corrected chi connectivity index (χ4v) is 0.597. The Morgan fingerprint density at radius 3 is 2.45 bits per heavy atom. The molecule has 0 bridgehead atoms. The maximum Gasteiger partial charge on any atom is 0.394 e. The molecule has 2 nitrogen and oxygen atoms in total. The van der Waals surface area contributed by atoms with Gasteiger partial charge in [0.2, 0.25) is 0 Å². The maximum atomic E-state index is 11.6. The highest BCUT2D eigenvalue weighted by molar-refractivity contribution is 5.85. The number of imidazole rings is 1. The Labute approximate surface area is 67.2 Å². The standard InChI is InChI=1S/C5H5F3N2.ClH/c6-5(7,8)1-4-2-9-3-10-4;/h2-3H,1H2,(H,9,10);1H. The number of halogens is 4. The summed E-state index contributed by atoms with van der Waals surface area (Å²) in [6.07, 6.45) is -2.70. The zero-order valence-electron chi connectivity index (χ0n) is 5.35. The van der Waals surface area contributed by atoms with Crippen LogP contribution in [0.3, 0.4) is 0 Å². The maximum absolute atomic E-state index is 11.6. The first-order chi connectivity index (χ1) is 4.58. The van der Waals surface area contributed by atoms with Gasteiger partial charge in [-0.3, -0.25) is 0 Å².